The number of hydrogen-bond acceptors (Lipinski definition) is 3. The Kier molecular flexibility index (Phi) is 8.71. The Hall–Kier alpha value is -1.96. The smallest absolute Gasteiger partial charge is 0.191 e. The SMILES string of the molecule is CCNC(=NCc1ccc2c(c1)OCCCO2)NCc1ccc(C)cc1.I. The maximum Gasteiger partial charge on any atom is 0.191 e. The predicted molar refractivity (Wildman–Crippen MR) is 120 cm³/mol. The molecule has 2 N–H and O–H groups in total. The van der Waals surface area contributed by atoms with Crippen molar-refractivity contribution in [2.45, 2.75) is 33.4 Å². The van der Waals surface area contributed by atoms with E-state index >= 15 is 0 Å². The molecular formula is C21H28IN3O2. The molecule has 0 saturated carbocycles. The minimum absolute atomic E-state index is 0. The summed E-state index contributed by atoms with van der Waals surface area (Å²) in [7, 11) is 0. The van der Waals surface area contributed by atoms with Crippen molar-refractivity contribution in [1.82, 2.24) is 10.6 Å². The van der Waals surface area contributed by atoms with Gasteiger partial charge < -0.3 is 20.1 Å². The van der Waals surface area contributed by atoms with E-state index in [0.29, 0.717) is 19.8 Å². The van der Waals surface area contributed by atoms with E-state index in [4.69, 9.17) is 9.47 Å². The highest BCUT2D eigenvalue weighted by Gasteiger charge is 2.10. The number of nitrogens with one attached hydrogen (secondary N) is 2. The zero-order chi connectivity index (χ0) is 18.2. The zero-order valence-electron chi connectivity index (χ0n) is 16.0. The summed E-state index contributed by atoms with van der Waals surface area (Å²) in [6.45, 7) is 7.71. The first-order valence-electron chi connectivity index (χ1n) is 9.21. The number of halogens is 1. The largest absolute Gasteiger partial charge is 0.490 e. The molecule has 0 bridgehead atoms. The van der Waals surface area contributed by atoms with Crippen LogP contribution in [0.5, 0.6) is 11.5 Å². The average molecular weight is 481 g/mol. The first kappa shape index (κ1) is 21.3. The van der Waals surface area contributed by atoms with E-state index in [2.05, 4.69) is 53.7 Å². The summed E-state index contributed by atoms with van der Waals surface area (Å²) in [5, 5.41) is 6.67. The van der Waals surface area contributed by atoms with Crippen molar-refractivity contribution in [3.63, 3.8) is 0 Å². The lowest BCUT2D eigenvalue weighted by Gasteiger charge is -2.12. The van der Waals surface area contributed by atoms with Crippen LogP contribution in [0.4, 0.5) is 0 Å². The molecule has 0 atom stereocenters. The van der Waals surface area contributed by atoms with Crippen LogP contribution in [-0.2, 0) is 13.1 Å². The van der Waals surface area contributed by atoms with Crippen LogP contribution in [0.3, 0.4) is 0 Å². The van der Waals surface area contributed by atoms with Gasteiger partial charge in [-0.2, -0.15) is 0 Å². The van der Waals surface area contributed by atoms with Crippen LogP contribution in [-0.4, -0.2) is 25.7 Å². The highest BCUT2D eigenvalue weighted by molar-refractivity contribution is 14.0. The van der Waals surface area contributed by atoms with E-state index in [9.17, 15) is 0 Å². The second kappa shape index (κ2) is 11.0. The summed E-state index contributed by atoms with van der Waals surface area (Å²) >= 11 is 0. The lowest BCUT2D eigenvalue weighted by atomic mass is 10.1. The van der Waals surface area contributed by atoms with E-state index in [0.717, 1.165) is 42.5 Å². The van der Waals surface area contributed by atoms with Crippen LogP contribution in [0, 0.1) is 6.92 Å². The average Bonchev–Trinajstić information content (AvgIpc) is 2.90. The Bertz CT molecular complexity index is 748. The second-order valence-corrected chi connectivity index (χ2v) is 6.37. The van der Waals surface area contributed by atoms with Crippen molar-refractivity contribution < 1.29 is 9.47 Å². The molecule has 0 amide bonds. The minimum atomic E-state index is 0. The van der Waals surface area contributed by atoms with E-state index in [1.165, 1.54) is 11.1 Å². The topological polar surface area (TPSA) is 54.9 Å². The second-order valence-electron chi connectivity index (χ2n) is 6.37. The Labute approximate surface area is 178 Å². The molecule has 0 saturated heterocycles. The molecule has 0 aromatic heterocycles. The third kappa shape index (κ3) is 6.61. The Balaban J connectivity index is 0.00000261. The van der Waals surface area contributed by atoms with Crippen molar-refractivity contribution in [3.8, 4) is 11.5 Å². The highest BCUT2D eigenvalue weighted by Crippen LogP contribution is 2.30. The fourth-order valence-corrected chi connectivity index (χ4v) is 2.71. The number of rotatable bonds is 5. The van der Waals surface area contributed by atoms with E-state index in [1.807, 2.05) is 18.2 Å². The Morgan fingerprint density at radius 1 is 0.963 bits per heavy atom. The number of aryl methyl sites for hydroxylation is 1. The quantitative estimate of drug-likeness (QED) is 0.385. The Morgan fingerprint density at radius 2 is 1.67 bits per heavy atom. The third-order valence-corrected chi connectivity index (χ3v) is 4.16. The number of nitrogens with zero attached hydrogens (tertiary/aromatic N) is 1. The van der Waals surface area contributed by atoms with Gasteiger partial charge in [-0.1, -0.05) is 35.9 Å². The van der Waals surface area contributed by atoms with E-state index in [-0.39, 0.29) is 24.0 Å². The number of aliphatic imine (C=N–C) groups is 1. The normalized spacial score (nSPS) is 13.3. The van der Waals surface area contributed by atoms with Gasteiger partial charge in [0, 0.05) is 19.5 Å². The molecule has 0 unspecified atom stereocenters. The summed E-state index contributed by atoms with van der Waals surface area (Å²) in [4.78, 5) is 4.69. The standard InChI is InChI=1S/C21H27N3O2.HI/c1-3-22-21(23-14-17-7-5-16(2)6-8-17)24-15-18-9-10-19-20(13-18)26-12-4-11-25-19;/h5-10,13H,3-4,11-12,14-15H2,1-2H3,(H2,22,23,24);1H. The third-order valence-electron chi connectivity index (χ3n) is 4.16. The number of ether oxygens (including phenoxy) is 2. The molecule has 3 rings (SSSR count). The first-order valence-corrected chi connectivity index (χ1v) is 9.21. The molecule has 0 fully saturated rings. The van der Waals surface area contributed by atoms with Gasteiger partial charge in [0.1, 0.15) is 0 Å². The number of fused-ring (bicyclic) bond motifs is 1. The van der Waals surface area contributed by atoms with Gasteiger partial charge in [-0.25, -0.2) is 4.99 Å². The van der Waals surface area contributed by atoms with Crippen LogP contribution in [0.25, 0.3) is 0 Å². The maximum atomic E-state index is 5.75. The van der Waals surface area contributed by atoms with Gasteiger partial charge in [0.2, 0.25) is 0 Å². The van der Waals surface area contributed by atoms with Crippen molar-refractivity contribution in [2.24, 2.45) is 4.99 Å². The molecule has 0 aliphatic carbocycles. The molecule has 146 valence electrons. The molecule has 6 heteroatoms. The summed E-state index contributed by atoms with van der Waals surface area (Å²) in [5.41, 5.74) is 3.60. The van der Waals surface area contributed by atoms with Gasteiger partial charge in [-0.3, -0.25) is 0 Å². The lowest BCUT2D eigenvalue weighted by Crippen LogP contribution is -2.36. The highest BCUT2D eigenvalue weighted by atomic mass is 127. The molecule has 0 spiro atoms. The fraction of sp³-hybridized carbons (Fsp3) is 0.381. The summed E-state index contributed by atoms with van der Waals surface area (Å²) in [5.74, 6) is 2.44. The van der Waals surface area contributed by atoms with Gasteiger partial charge in [-0.05, 0) is 37.1 Å². The van der Waals surface area contributed by atoms with Crippen LogP contribution in [0.1, 0.15) is 30.0 Å². The summed E-state index contributed by atoms with van der Waals surface area (Å²) in [6, 6.07) is 14.6. The molecule has 0 radical (unpaired) electrons. The number of hydrogen-bond donors (Lipinski definition) is 2. The van der Waals surface area contributed by atoms with Crippen molar-refractivity contribution >= 4 is 29.9 Å². The Morgan fingerprint density at radius 3 is 2.41 bits per heavy atom. The van der Waals surface area contributed by atoms with Crippen molar-refractivity contribution in [2.75, 3.05) is 19.8 Å². The van der Waals surface area contributed by atoms with Gasteiger partial charge in [-0.15, -0.1) is 24.0 Å². The molecule has 2 aromatic rings. The van der Waals surface area contributed by atoms with Crippen LogP contribution in [0.15, 0.2) is 47.5 Å². The maximum absolute atomic E-state index is 5.75. The van der Waals surface area contributed by atoms with E-state index in [1.54, 1.807) is 0 Å². The molecule has 1 aliphatic heterocycles. The van der Waals surface area contributed by atoms with Crippen molar-refractivity contribution in [3.05, 3.63) is 59.2 Å². The molecule has 5 nitrogen and oxygen atoms in total. The molecule has 1 heterocycles. The summed E-state index contributed by atoms with van der Waals surface area (Å²) in [6.07, 6.45) is 0.912. The minimum Gasteiger partial charge on any atom is -0.490 e. The van der Waals surface area contributed by atoms with E-state index < -0.39 is 0 Å². The zero-order valence-corrected chi connectivity index (χ0v) is 18.3. The van der Waals surface area contributed by atoms with Crippen LogP contribution in [0.2, 0.25) is 0 Å². The molecule has 1 aliphatic rings. The van der Waals surface area contributed by atoms with Crippen molar-refractivity contribution in [1.29, 1.82) is 0 Å². The predicted octanol–water partition coefficient (Wildman–Crippen LogP) is 4.03. The monoisotopic (exact) mass is 481 g/mol. The number of guanidine groups is 1. The van der Waals surface area contributed by atoms with Gasteiger partial charge in [0.25, 0.3) is 0 Å². The molecule has 27 heavy (non-hydrogen) atoms. The fourth-order valence-electron chi connectivity index (χ4n) is 2.71. The van der Waals surface area contributed by atoms with Gasteiger partial charge in [0.15, 0.2) is 17.5 Å². The van der Waals surface area contributed by atoms with Crippen LogP contribution >= 0.6 is 24.0 Å². The molecule has 2 aromatic carbocycles. The number of benzene rings is 2. The first-order chi connectivity index (χ1) is 12.7. The lowest BCUT2D eigenvalue weighted by molar-refractivity contribution is 0.297. The molecular weight excluding hydrogens is 453 g/mol. The van der Waals surface area contributed by atoms with Gasteiger partial charge in [0.05, 0.1) is 19.8 Å². The van der Waals surface area contributed by atoms with Gasteiger partial charge >= 0.3 is 0 Å². The van der Waals surface area contributed by atoms with Crippen LogP contribution < -0.4 is 20.1 Å². The summed E-state index contributed by atoms with van der Waals surface area (Å²) < 4.78 is 11.4.